The number of benzene rings is 1. The topological polar surface area (TPSA) is 25.8 Å². The van der Waals surface area contributed by atoms with E-state index in [1.165, 1.54) is 0 Å². The van der Waals surface area contributed by atoms with Crippen LogP contribution in [0.15, 0.2) is 109 Å². The van der Waals surface area contributed by atoms with Crippen molar-refractivity contribution in [2.24, 2.45) is 0 Å². The van der Waals surface area contributed by atoms with Crippen molar-refractivity contribution in [3.63, 3.8) is 0 Å². The number of terminal acetylenes is 1. The van der Waals surface area contributed by atoms with Crippen LogP contribution in [0.25, 0.3) is 22.3 Å². The van der Waals surface area contributed by atoms with E-state index in [-0.39, 0.29) is 0 Å². The Bertz CT molecular complexity index is 1350. The average molecular weight is 427 g/mol. The fraction of sp³-hybridized carbons (Fsp3) is 0.0968. The molecule has 0 saturated carbocycles. The van der Waals surface area contributed by atoms with Crippen LogP contribution in [0.3, 0.4) is 0 Å². The molecule has 0 bridgehead atoms. The molecule has 0 unspecified atom stereocenters. The van der Waals surface area contributed by atoms with Gasteiger partial charge < -0.3 is 0 Å². The van der Waals surface area contributed by atoms with Crippen LogP contribution in [0.1, 0.15) is 43.5 Å². The maximum Gasteiger partial charge on any atom is 0.160 e. The van der Waals surface area contributed by atoms with Crippen LogP contribution in [0, 0.1) is 12.3 Å². The molecule has 1 aromatic carbocycles. The second-order valence-corrected chi connectivity index (χ2v) is 7.57. The third-order valence-electron chi connectivity index (χ3n) is 4.85. The second kappa shape index (κ2) is 11.3. The lowest BCUT2D eigenvalue weighted by Crippen LogP contribution is -2.02. The fourth-order valence-corrected chi connectivity index (χ4v) is 3.21. The van der Waals surface area contributed by atoms with Crippen LogP contribution in [0.2, 0.25) is 0 Å². The summed E-state index contributed by atoms with van der Waals surface area (Å²) in [5, 5.41) is 0. The van der Waals surface area contributed by atoms with Gasteiger partial charge in [0, 0.05) is 11.1 Å². The van der Waals surface area contributed by atoms with E-state index in [1.807, 2.05) is 86.7 Å². The van der Waals surface area contributed by atoms with E-state index in [0.717, 1.165) is 33.5 Å². The Kier molecular flexibility index (Phi) is 7.96. The Labute approximate surface area is 196 Å². The summed E-state index contributed by atoms with van der Waals surface area (Å²) < 4.78 is 0. The third-order valence-corrected chi connectivity index (χ3v) is 4.85. The molecule has 0 aliphatic heterocycles. The van der Waals surface area contributed by atoms with E-state index in [1.54, 1.807) is 0 Å². The van der Waals surface area contributed by atoms with Crippen molar-refractivity contribution in [2.45, 2.75) is 20.8 Å². The lowest BCUT2D eigenvalue weighted by Gasteiger charge is -2.10. The van der Waals surface area contributed by atoms with Crippen molar-refractivity contribution in [1.29, 1.82) is 0 Å². The molecule has 1 aliphatic carbocycles. The Morgan fingerprint density at radius 3 is 2.52 bits per heavy atom. The molecule has 1 aromatic heterocycles. The van der Waals surface area contributed by atoms with Gasteiger partial charge in [0.1, 0.15) is 0 Å². The van der Waals surface area contributed by atoms with Crippen LogP contribution in [-0.4, -0.2) is 9.97 Å². The molecule has 0 atom stereocenters. The first kappa shape index (κ1) is 23.3. The minimum Gasteiger partial charge on any atom is -0.228 e. The van der Waals surface area contributed by atoms with Crippen LogP contribution in [0.4, 0.5) is 0 Å². The Balaban J connectivity index is 2.16. The molecule has 0 radical (unpaired) electrons. The normalized spacial score (nSPS) is 13.9. The van der Waals surface area contributed by atoms with Gasteiger partial charge in [-0.1, -0.05) is 78.1 Å². The van der Waals surface area contributed by atoms with Gasteiger partial charge in [-0.15, -0.1) is 6.42 Å². The van der Waals surface area contributed by atoms with Crippen molar-refractivity contribution in [3.05, 3.63) is 131 Å². The molecule has 0 amide bonds. The molecule has 0 spiro atoms. The van der Waals surface area contributed by atoms with E-state index < -0.39 is 0 Å². The molecule has 1 aliphatic rings. The molecule has 0 N–H and O–H groups in total. The Hall–Kier alpha value is -4.40. The highest BCUT2D eigenvalue weighted by Crippen LogP contribution is 2.24. The van der Waals surface area contributed by atoms with Gasteiger partial charge in [0.2, 0.25) is 0 Å². The minimum absolute atomic E-state index is 0.585. The molecule has 2 aromatic rings. The molecule has 0 saturated heterocycles. The number of rotatable bonds is 7. The highest BCUT2D eigenvalue weighted by Gasteiger charge is 2.12. The van der Waals surface area contributed by atoms with Gasteiger partial charge in [-0.25, -0.2) is 9.97 Å². The van der Waals surface area contributed by atoms with E-state index in [9.17, 15) is 0 Å². The molecule has 33 heavy (non-hydrogen) atoms. The maximum absolute atomic E-state index is 5.92. The van der Waals surface area contributed by atoms with Gasteiger partial charge in [-0.05, 0) is 68.4 Å². The van der Waals surface area contributed by atoms with Gasteiger partial charge in [0.15, 0.2) is 5.82 Å². The highest BCUT2D eigenvalue weighted by atomic mass is 14.9. The summed E-state index contributed by atoms with van der Waals surface area (Å²) in [6, 6.07) is 12.1. The number of aromatic nitrogens is 2. The van der Waals surface area contributed by atoms with E-state index >= 15 is 0 Å². The first-order valence-corrected chi connectivity index (χ1v) is 10.7. The van der Waals surface area contributed by atoms with Gasteiger partial charge in [0.05, 0.1) is 17.0 Å². The molecular formula is C31H26N2. The summed E-state index contributed by atoms with van der Waals surface area (Å²) in [7, 11) is 0. The van der Waals surface area contributed by atoms with Crippen LogP contribution >= 0.6 is 0 Å². The SMILES string of the molecule is C#C/C(=C\C=C(/C)c1ccccc1)c1cc(C2=CC=C=C=C2)nc(C(/C=C\C)=C/C(=C)C)n1. The van der Waals surface area contributed by atoms with Crippen molar-refractivity contribution in [2.75, 3.05) is 0 Å². The van der Waals surface area contributed by atoms with Crippen molar-refractivity contribution in [1.82, 2.24) is 9.97 Å². The second-order valence-electron chi connectivity index (χ2n) is 7.57. The van der Waals surface area contributed by atoms with E-state index in [4.69, 9.17) is 16.4 Å². The molecule has 2 nitrogen and oxygen atoms in total. The lowest BCUT2D eigenvalue weighted by atomic mass is 10.0. The molecule has 160 valence electrons. The summed E-state index contributed by atoms with van der Waals surface area (Å²) in [5.74, 6) is 3.38. The van der Waals surface area contributed by atoms with Crippen LogP contribution in [-0.2, 0) is 0 Å². The fourth-order valence-electron chi connectivity index (χ4n) is 3.21. The Morgan fingerprint density at radius 1 is 1.09 bits per heavy atom. The molecule has 2 heteroatoms. The third kappa shape index (κ3) is 6.30. The quantitative estimate of drug-likeness (QED) is 0.262. The summed E-state index contributed by atoms with van der Waals surface area (Å²) in [6.45, 7) is 9.98. The number of allylic oxidation sites excluding steroid dienone is 13. The lowest BCUT2D eigenvalue weighted by molar-refractivity contribution is 1.08. The summed E-state index contributed by atoms with van der Waals surface area (Å²) in [6.07, 6.45) is 21.4. The molecular weight excluding hydrogens is 400 g/mol. The van der Waals surface area contributed by atoms with Gasteiger partial charge in [-0.3, -0.25) is 0 Å². The summed E-state index contributed by atoms with van der Waals surface area (Å²) in [4.78, 5) is 9.64. The number of nitrogens with zero attached hydrogens (tertiary/aromatic N) is 2. The molecule has 0 fully saturated rings. The minimum atomic E-state index is 0.585. The first-order chi connectivity index (χ1) is 16.0. The predicted octanol–water partition coefficient (Wildman–Crippen LogP) is 7.40. The predicted molar refractivity (Wildman–Crippen MR) is 141 cm³/mol. The first-order valence-electron chi connectivity index (χ1n) is 10.7. The smallest absolute Gasteiger partial charge is 0.160 e. The monoisotopic (exact) mass is 426 g/mol. The average Bonchev–Trinajstić information content (AvgIpc) is 2.84. The van der Waals surface area contributed by atoms with Crippen molar-refractivity contribution >= 4 is 22.3 Å². The zero-order chi connectivity index (χ0) is 23.6. The van der Waals surface area contributed by atoms with Gasteiger partial charge in [0.25, 0.3) is 0 Å². The standard InChI is InChI=1S/C31H26N2/c1-6-14-28(21-23(3)4)31-32-29(22-30(33-31)27-17-12-9-13-18-27)25(7-2)20-19-24(5)26-15-10-8-11-16-26/h2,6,8,10-12,14-22H,3H2,1,4-5H3/b14-6-,24-19+,25-20+,28-21+. The molecule has 3 rings (SSSR count). The largest absolute Gasteiger partial charge is 0.228 e. The maximum atomic E-state index is 5.92. The van der Waals surface area contributed by atoms with E-state index in [2.05, 4.69) is 43.0 Å². The highest BCUT2D eigenvalue weighted by molar-refractivity contribution is 5.83. The van der Waals surface area contributed by atoms with Gasteiger partial charge in [-0.2, -0.15) is 0 Å². The molecule has 1 heterocycles. The number of hydrogen-bond acceptors (Lipinski definition) is 2. The van der Waals surface area contributed by atoms with Crippen LogP contribution < -0.4 is 0 Å². The van der Waals surface area contributed by atoms with Crippen molar-refractivity contribution < 1.29 is 0 Å². The van der Waals surface area contributed by atoms with Crippen molar-refractivity contribution in [3.8, 4) is 12.3 Å². The van der Waals surface area contributed by atoms with Crippen LogP contribution in [0.5, 0.6) is 0 Å². The van der Waals surface area contributed by atoms with E-state index in [0.29, 0.717) is 17.1 Å². The zero-order valence-electron chi connectivity index (χ0n) is 19.3. The van der Waals surface area contributed by atoms with Gasteiger partial charge >= 0.3 is 0 Å². The number of hydrogen-bond donors (Lipinski definition) is 0. The zero-order valence-corrected chi connectivity index (χ0v) is 19.3. The Morgan fingerprint density at radius 2 is 1.88 bits per heavy atom. The summed E-state index contributed by atoms with van der Waals surface area (Å²) >= 11 is 0. The summed E-state index contributed by atoms with van der Waals surface area (Å²) in [5.41, 5.74) is 13.0.